The number of rotatable bonds is 34. The molecule has 19 nitrogen and oxygen atoms in total. The zero-order valence-corrected chi connectivity index (χ0v) is 40.5. The molecule has 2 fully saturated rings. The van der Waals surface area contributed by atoms with E-state index in [1.165, 1.54) is 11.8 Å². The Balaban J connectivity index is 1.98. The lowest BCUT2D eigenvalue weighted by Gasteiger charge is -2.25. The number of likely N-dealkylation sites (tertiary alicyclic amines) is 1. The molecule has 5 amide bonds. The molecule has 0 bridgehead atoms. The number of carboxylic acids is 1. The predicted molar refractivity (Wildman–Crippen MR) is 247 cm³/mol. The van der Waals surface area contributed by atoms with Gasteiger partial charge in [-0.2, -0.15) is 0 Å². The molecule has 0 spiro atoms. The number of carboxylic acid groups (broad SMARTS) is 1. The lowest BCUT2D eigenvalue weighted by molar-refractivity contribution is -0.145. The van der Waals surface area contributed by atoms with Crippen molar-refractivity contribution in [3.05, 3.63) is 0 Å². The first-order valence-corrected chi connectivity index (χ1v) is 24.2. The van der Waals surface area contributed by atoms with Gasteiger partial charge in [-0.15, -0.1) is 0 Å². The van der Waals surface area contributed by atoms with Crippen LogP contribution in [0.4, 0.5) is 0 Å². The maximum absolute atomic E-state index is 13.6. The molecular weight excluding hydrogens is 869 g/mol. The normalized spacial score (nSPS) is 19.2. The first-order valence-electron chi connectivity index (χ1n) is 24.2. The number of nitrogens with zero attached hydrogens (tertiary/aromatic N) is 1. The van der Waals surface area contributed by atoms with Crippen molar-refractivity contribution < 1.29 is 63.0 Å². The number of ketones is 5. The van der Waals surface area contributed by atoms with Gasteiger partial charge in [0.2, 0.25) is 29.5 Å². The van der Waals surface area contributed by atoms with E-state index in [1.54, 1.807) is 0 Å². The van der Waals surface area contributed by atoms with Crippen molar-refractivity contribution in [2.24, 2.45) is 35.3 Å². The molecule has 2 saturated heterocycles. The minimum Gasteiger partial charge on any atom is -0.481 e. The average Bonchev–Trinajstić information content (AvgIpc) is 3.93. The third-order valence-corrected chi connectivity index (χ3v) is 12.5. The van der Waals surface area contributed by atoms with Crippen LogP contribution >= 0.6 is 0 Å². The monoisotopic (exact) mass is 947 g/mol. The fraction of sp³-hybridized carbons (Fsp3) is 0.771. The number of β-amino-alcohol motifs (C(OH)–C–C–N with tert-alkyl or cyclic N) is 1. The number of hydrogen-bond acceptors (Lipinski definition) is 13. The van der Waals surface area contributed by atoms with Gasteiger partial charge in [-0.25, -0.2) is 0 Å². The molecular formula is C48H78N6O13. The average molecular weight is 947 g/mol. The summed E-state index contributed by atoms with van der Waals surface area (Å²) in [7, 11) is 0. The number of nitrogens with one attached hydrogen (secondary N) is 4. The van der Waals surface area contributed by atoms with Crippen molar-refractivity contribution >= 4 is 64.4 Å². The molecule has 0 aliphatic carbocycles. The summed E-state index contributed by atoms with van der Waals surface area (Å²) in [6.45, 7) is 11.0. The van der Waals surface area contributed by atoms with E-state index in [0.717, 1.165) is 12.8 Å². The minimum atomic E-state index is -1.17. The Bertz CT molecular complexity index is 1750. The van der Waals surface area contributed by atoms with Crippen molar-refractivity contribution in [1.82, 2.24) is 26.2 Å². The van der Waals surface area contributed by atoms with Crippen LogP contribution in [-0.2, 0) is 52.7 Å². The second kappa shape index (κ2) is 29.8. The van der Waals surface area contributed by atoms with Crippen LogP contribution in [0.5, 0.6) is 0 Å². The molecule has 2 heterocycles. The maximum atomic E-state index is 13.6. The number of Topliss-reactive ketones (excluding diaryl/α,β-unsaturated/α-hetero) is 5. The SMILES string of the molecule is CCCCC[C@H](CC(=O)[C@@H]1CCCN1C(=O)CCC(=O)[C@H](C)NC(=O)[C@@H](CC(=O)CNC(=O)[C@@H](CC(=O)[C@H](CCC(N)=O)NC(=O)CCC(=O)[C@@H]1C[C@@H](O)CN1)CC(C)C)CC(C)C)C(=O)O. The van der Waals surface area contributed by atoms with E-state index in [0.29, 0.717) is 32.2 Å². The molecule has 0 aromatic heterocycles. The molecule has 0 aromatic rings. The Labute approximate surface area is 395 Å². The van der Waals surface area contributed by atoms with Crippen LogP contribution < -0.4 is 27.0 Å². The van der Waals surface area contributed by atoms with Gasteiger partial charge < -0.3 is 42.1 Å². The molecule has 19 heteroatoms. The van der Waals surface area contributed by atoms with Gasteiger partial charge in [0.1, 0.15) is 5.78 Å². The van der Waals surface area contributed by atoms with Crippen LogP contribution in [0.25, 0.3) is 0 Å². The smallest absolute Gasteiger partial charge is 0.306 e. The first-order chi connectivity index (χ1) is 31.5. The quantitative estimate of drug-likeness (QED) is 0.0456. The van der Waals surface area contributed by atoms with Crippen LogP contribution in [0.1, 0.15) is 157 Å². The van der Waals surface area contributed by atoms with E-state index in [4.69, 9.17) is 5.73 Å². The van der Waals surface area contributed by atoms with E-state index < -0.39 is 107 Å². The molecule has 0 aromatic carbocycles. The summed E-state index contributed by atoms with van der Waals surface area (Å²) in [5.74, 6) is -8.56. The third kappa shape index (κ3) is 21.7. The van der Waals surface area contributed by atoms with E-state index in [1.807, 2.05) is 34.6 Å². The Kier molecular flexibility index (Phi) is 25.9. The zero-order valence-electron chi connectivity index (χ0n) is 40.5. The summed E-state index contributed by atoms with van der Waals surface area (Å²) >= 11 is 0. The molecule has 2 aliphatic heterocycles. The molecule has 0 radical (unpaired) electrons. The fourth-order valence-electron chi connectivity index (χ4n) is 8.74. The Morgan fingerprint density at radius 2 is 1.39 bits per heavy atom. The molecule has 8 atom stereocenters. The van der Waals surface area contributed by atoms with Gasteiger partial charge >= 0.3 is 5.97 Å². The second-order valence-corrected chi connectivity index (χ2v) is 19.4. The van der Waals surface area contributed by atoms with Gasteiger partial charge in [0.15, 0.2) is 23.1 Å². The minimum absolute atomic E-state index is 0.0248. The Hall–Kier alpha value is -4.91. The number of primary amides is 1. The highest BCUT2D eigenvalue weighted by Crippen LogP contribution is 2.25. The molecule has 0 saturated carbocycles. The van der Waals surface area contributed by atoms with Crippen LogP contribution in [0.3, 0.4) is 0 Å². The number of hydrogen-bond donors (Lipinski definition) is 7. The number of aliphatic hydroxyl groups excluding tert-OH is 1. The highest BCUT2D eigenvalue weighted by Gasteiger charge is 2.37. The molecule has 8 N–H and O–H groups in total. The number of carbonyl (C=O) groups excluding carboxylic acids is 10. The van der Waals surface area contributed by atoms with E-state index in [9.17, 15) is 63.0 Å². The maximum Gasteiger partial charge on any atom is 0.306 e. The van der Waals surface area contributed by atoms with Crippen LogP contribution in [0.2, 0.25) is 0 Å². The van der Waals surface area contributed by atoms with Crippen molar-refractivity contribution in [1.29, 1.82) is 0 Å². The third-order valence-electron chi connectivity index (χ3n) is 12.5. The van der Waals surface area contributed by atoms with Crippen molar-refractivity contribution in [2.75, 3.05) is 19.6 Å². The molecule has 2 rings (SSSR count). The molecule has 2 aliphatic rings. The van der Waals surface area contributed by atoms with Gasteiger partial charge in [-0.05, 0) is 63.7 Å². The summed E-state index contributed by atoms with van der Waals surface area (Å²) in [5.41, 5.74) is 5.33. The van der Waals surface area contributed by atoms with Gasteiger partial charge in [-0.1, -0.05) is 53.9 Å². The molecule has 0 unspecified atom stereocenters. The predicted octanol–water partition coefficient (Wildman–Crippen LogP) is 2.25. The summed E-state index contributed by atoms with van der Waals surface area (Å²) < 4.78 is 0. The van der Waals surface area contributed by atoms with Crippen molar-refractivity contribution in [3.63, 3.8) is 0 Å². The topological polar surface area (TPSA) is 306 Å². The molecule has 378 valence electrons. The van der Waals surface area contributed by atoms with Crippen LogP contribution in [0.15, 0.2) is 0 Å². The number of aliphatic carboxylic acids is 1. The fourth-order valence-corrected chi connectivity index (χ4v) is 8.74. The largest absolute Gasteiger partial charge is 0.481 e. The number of unbranched alkanes of at least 4 members (excludes halogenated alkanes) is 2. The number of carbonyl (C=O) groups is 11. The van der Waals surface area contributed by atoms with Crippen LogP contribution in [0, 0.1) is 29.6 Å². The summed E-state index contributed by atoms with van der Waals surface area (Å²) in [5, 5.41) is 30.1. The highest BCUT2D eigenvalue weighted by molar-refractivity contribution is 5.97. The number of aliphatic hydroxyl groups is 1. The number of nitrogens with two attached hydrogens (primary N) is 1. The standard InChI is InChI=1S/C48H78N6O13/c1-7-8-9-11-31(48(66)67)23-42(60)38-12-10-19-54(38)45(63)18-15-39(57)30(6)52-47(65)32(20-28(2)3)22-34(55)27-51-46(64)33(21-29(4)5)24-41(59)36(13-16-43(49)61)53-44(62)17-14-40(58)37-25-35(56)26-50-37/h28-33,35-38,50,56H,7-27H2,1-6H3,(H2,49,61)(H,51,64)(H,52,65)(H,53,62)(H,66,67)/t30-,31+,32+,33+,35+,36-,37-,38-/m0/s1. The van der Waals surface area contributed by atoms with E-state index >= 15 is 0 Å². The van der Waals surface area contributed by atoms with E-state index in [-0.39, 0.29) is 107 Å². The van der Waals surface area contributed by atoms with E-state index in [2.05, 4.69) is 21.3 Å². The van der Waals surface area contributed by atoms with Gasteiger partial charge in [0.25, 0.3) is 0 Å². The van der Waals surface area contributed by atoms with Gasteiger partial charge in [0.05, 0.1) is 42.7 Å². The summed E-state index contributed by atoms with van der Waals surface area (Å²) in [6.07, 6.45) is 2.07. The first kappa shape index (κ1) is 58.2. The Morgan fingerprint density at radius 3 is 1.97 bits per heavy atom. The lowest BCUT2D eigenvalue weighted by Crippen LogP contribution is -2.45. The van der Waals surface area contributed by atoms with Gasteiger partial charge in [0, 0.05) is 76.3 Å². The van der Waals surface area contributed by atoms with Crippen molar-refractivity contribution in [2.45, 2.75) is 187 Å². The Morgan fingerprint density at radius 1 is 0.731 bits per heavy atom. The molecule has 67 heavy (non-hydrogen) atoms. The lowest BCUT2D eigenvalue weighted by atomic mass is 9.88. The zero-order chi connectivity index (χ0) is 50.4. The highest BCUT2D eigenvalue weighted by atomic mass is 16.4. The van der Waals surface area contributed by atoms with Gasteiger partial charge in [-0.3, -0.25) is 52.7 Å². The summed E-state index contributed by atoms with van der Waals surface area (Å²) in [4.78, 5) is 144. The van der Waals surface area contributed by atoms with Crippen molar-refractivity contribution in [3.8, 4) is 0 Å². The second-order valence-electron chi connectivity index (χ2n) is 19.4. The van der Waals surface area contributed by atoms with Crippen LogP contribution in [-0.4, -0.2) is 129 Å². The number of amides is 5. The summed E-state index contributed by atoms with van der Waals surface area (Å²) in [6, 6.07) is -3.49.